The predicted molar refractivity (Wildman–Crippen MR) is 132 cm³/mol. The summed E-state index contributed by atoms with van der Waals surface area (Å²) >= 11 is 3.47. The van der Waals surface area contributed by atoms with Gasteiger partial charge in [0.15, 0.2) is 0 Å². The van der Waals surface area contributed by atoms with Gasteiger partial charge >= 0.3 is 0 Å². The lowest BCUT2D eigenvalue weighted by Gasteiger charge is -2.17. The summed E-state index contributed by atoms with van der Waals surface area (Å²) in [6.45, 7) is 0.507. The van der Waals surface area contributed by atoms with Crippen LogP contribution in [0.1, 0.15) is 17.9 Å². The van der Waals surface area contributed by atoms with Crippen molar-refractivity contribution in [1.29, 1.82) is 0 Å². The number of hydrogen-bond acceptors (Lipinski definition) is 4. The van der Waals surface area contributed by atoms with E-state index in [2.05, 4.69) is 21.2 Å². The van der Waals surface area contributed by atoms with Crippen LogP contribution < -0.4 is 19.7 Å². The van der Waals surface area contributed by atoms with Crippen molar-refractivity contribution in [3.8, 4) is 11.5 Å². The Morgan fingerprint density at radius 2 is 1.52 bits per heavy atom. The van der Waals surface area contributed by atoms with Crippen LogP contribution in [0.2, 0.25) is 0 Å². The summed E-state index contributed by atoms with van der Waals surface area (Å²) in [5.41, 5.74) is 2.49. The van der Waals surface area contributed by atoms with E-state index in [9.17, 15) is 9.59 Å². The van der Waals surface area contributed by atoms with Gasteiger partial charge in [-0.2, -0.15) is 0 Å². The lowest BCUT2D eigenvalue weighted by atomic mass is 9.86. The zero-order valence-corrected chi connectivity index (χ0v) is 20.0. The van der Waals surface area contributed by atoms with Crippen molar-refractivity contribution in [3.05, 3.63) is 82.8 Å². The van der Waals surface area contributed by atoms with Crippen LogP contribution in [0.15, 0.2) is 77.3 Å². The van der Waals surface area contributed by atoms with E-state index in [1.165, 1.54) is 0 Å². The van der Waals surface area contributed by atoms with Gasteiger partial charge in [0.2, 0.25) is 11.8 Å². The molecule has 2 atom stereocenters. The number of ether oxygens (including phenoxy) is 2. The molecule has 1 aliphatic heterocycles. The normalized spacial score (nSPS) is 17.7. The minimum Gasteiger partial charge on any atom is -0.497 e. The molecule has 1 N–H and O–H groups in total. The standard InChI is InChI=1S/C26H25BrN2O4/c1-32-21-11-7-19(8-12-21)28-25(30)15-23-24(17-3-5-18(27)6-4-17)16-29(26(23)31)20-9-13-22(33-2)14-10-20/h3-14,23-24H,15-16H2,1-2H3,(H,28,30)/t23-,24-/m1/s1. The first-order valence-electron chi connectivity index (χ1n) is 10.6. The highest BCUT2D eigenvalue weighted by atomic mass is 79.9. The van der Waals surface area contributed by atoms with E-state index in [4.69, 9.17) is 9.47 Å². The van der Waals surface area contributed by atoms with E-state index in [0.717, 1.165) is 21.5 Å². The number of methoxy groups -OCH3 is 2. The highest BCUT2D eigenvalue weighted by Gasteiger charge is 2.42. The van der Waals surface area contributed by atoms with Crippen LogP contribution >= 0.6 is 15.9 Å². The molecule has 4 rings (SSSR count). The van der Waals surface area contributed by atoms with E-state index in [0.29, 0.717) is 18.0 Å². The maximum Gasteiger partial charge on any atom is 0.231 e. The molecule has 2 amide bonds. The number of carbonyl (C=O) groups excluding carboxylic acids is 2. The van der Waals surface area contributed by atoms with Crippen LogP contribution in [0.3, 0.4) is 0 Å². The first-order chi connectivity index (χ1) is 16.0. The van der Waals surface area contributed by atoms with Gasteiger partial charge in [-0.15, -0.1) is 0 Å². The number of halogens is 1. The number of benzene rings is 3. The van der Waals surface area contributed by atoms with Crippen LogP contribution in [-0.2, 0) is 9.59 Å². The number of amides is 2. The number of rotatable bonds is 7. The van der Waals surface area contributed by atoms with Crippen molar-refractivity contribution in [3.63, 3.8) is 0 Å². The van der Waals surface area contributed by atoms with Crippen molar-refractivity contribution < 1.29 is 19.1 Å². The predicted octanol–water partition coefficient (Wildman–Crippen LogP) is 5.24. The van der Waals surface area contributed by atoms with Gasteiger partial charge in [0, 0.05) is 34.7 Å². The third kappa shape index (κ3) is 5.20. The summed E-state index contributed by atoms with van der Waals surface area (Å²) < 4.78 is 11.4. The van der Waals surface area contributed by atoms with Crippen LogP contribution in [0.5, 0.6) is 11.5 Å². The molecule has 1 saturated heterocycles. The van der Waals surface area contributed by atoms with Crippen LogP contribution in [0.4, 0.5) is 11.4 Å². The maximum atomic E-state index is 13.5. The van der Waals surface area contributed by atoms with Crippen LogP contribution in [0.25, 0.3) is 0 Å². The zero-order chi connectivity index (χ0) is 23.4. The third-order valence-electron chi connectivity index (χ3n) is 5.91. The summed E-state index contributed by atoms with van der Waals surface area (Å²) in [6.07, 6.45) is 0.0955. The molecule has 0 saturated carbocycles. The van der Waals surface area contributed by atoms with Crippen LogP contribution in [0, 0.1) is 5.92 Å². The molecule has 0 bridgehead atoms. The molecule has 3 aromatic rings. The second kappa shape index (κ2) is 10.1. The van der Waals surface area contributed by atoms with Gasteiger partial charge in [-0.1, -0.05) is 28.1 Å². The SMILES string of the molecule is COc1ccc(NC(=O)C[C@H]2C(=O)N(c3ccc(OC)cc3)C[C@@H]2c2ccc(Br)cc2)cc1. The molecule has 0 unspecified atom stereocenters. The molecule has 0 spiro atoms. The largest absolute Gasteiger partial charge is 0.497 e. The molecule has 0 aliphatic carbocycles. The lowest BCUT2D eigenvalue weighted by molar-refractivity contribution is -0.125. The molecule has 1 fully saturated rings. The smallest absolute Gasteiger partial charge is 0.231 e. The van der Waals surface area contributed by atoms with E-state index in [-0.39, 0.29) is 24.2 Å². The topological polar surface area (TPSA) is 67.9 Å². The minimum absolute atomic E-state index is 0.0574. The van der Waals surface area contributed by atoms with Gasteiger partial charge in [-0.25, -0.2) is 0 Å². The van der Waals surface area contributed by atoms with E-state index >= 15 is 0 Å². The number of anilines is 2. The fraction of sp³-hybridized carbons (Fsp3) is 0.231. The first-order valence-corrected chi connectivity index (χ1v) is 11.4. The summed E-state index contributed by atoms with van der Waals surface area (Å²) in [4.78, 5) is 28.1. The Morgan fingerprint density at radius 3 is 2.09 bits per heavy atom. The van der Waals surface area contributed by atoms with Gasteiger partial charge in [0.25, 0.3) is 0 Å². The average molecular weight is 509 g/mol. The van der Waals surface area contributed by atoms with Crippen molar-refractivity contribution in [1.82, 2.24) is 0 Å². The molecule has 170 valence electrons. The Bertz CT molecular complexity index is 1110. The number of carbonyl (C=O) groups is 2. The van der Waals surface area contributed by atoms with Crippen molar-refractivity contribution in [2.45, 2.75) is 12.3 Å². The zero-order valence-electron chi connectivity index (χ0n) is 18.5. The Labute approximate surface area is 201 Å². The molecule has 3 aromatic carbocycles. The van der Waals surface area contributed by atoms with Gasteiger partial charge in [0.05, 0.1) is 20.1 Å². The quantitative estimate of drug-likeness (QED) is 0.473. The summed E-state index contributed by atoms with van der Waals surface area (Å²) in [5.74, 6) is 0.616. The highest BCUT2D eigenvalue weighted by Crippen LogP contribution is 2.39. The third-order valence-corrected chi connectivity index (χ3v) is 6.44. The Morgan fingerprint density at radius 1 is 0.939 bits per heavy atom. The first kappa shape index (κ1) is 22.9. The second-order valence-corrected chi connectivity index (χ2v) is 8.81. The fourth-order valence-electron chi connectivity index (χ4n) is 4.14. The molecule has 33 heavy (non-hydrogen) atoms. The van der Waals surface area contributed by atoms with E-state index in [1.807, 2.05) is 48.5 Å². The van der Waals surface area contributed by atoms with Crippen molar-refractivity contribution >= 4 is 39.1 Å². The molecule has 1 heterocycles. The van der Waals surface area contributed by atoms with Gasteiger partial charge in [-0.05, 0) is 66.2 Å². The molecule has 1 aliphatic rings. The summed E-state index contributed by atoms with van der Waals surface area (Å²) in [6, 6.07) is 22.5. The molecule has 6 nitrogen and oxygen atoms in total. The Kier molecular flexibility index (Phi) is 6.99. The second-order valence-electron chi connectivity index (χ2n) is 7.89. The molecule has 7 heteroatoms. The number of nitrogens with zero attached hydrogens (tertiary/aromatic N) is 1. The summed E-state index contributed by atoms with van der Waals surface area (Å²) in [5, 5.41) is 2.90. The van der Waals surface area contributed by atoms with E-state index < -0.39 is 5.92 Å². The molecular weight excluding hydrogens is 484 g/mol. The van der Waals surface area contributed by atoms with Gasteiger partial charge in [0.1, 0.15) is 11.5 Å². The molecule has 0 radical (unpaired) electrons. The fourth-order valence-corrected chi connectivity index (χ4v) is 4.41. The average Bonchev–Trinajstić information content (AvgIpc) is 3.16. The highest BCUT2D eigenvalue weighted by molar-refractivity contribution is 9.10. The molecule has 0 aromatic heterocycles. The Balaban J connectivity index is 1.56. The van der Waals surface area contributed by atoms with Gasteiger partial charge in [-0.3, -0.25) is 9.59 Å². The van der Waals surface area contributed by atoms with E-state index in [1.54, 1.807) is 43.4 Å². The molecular formula is C26H25BrN2O4. The maximum absolute atomic E-state index is 13.5. The van der Waals surface area contributed by atoms with Crippen molar-refractivity contribution in [2.75, 3.05) is 31.0 Å². The number of hydrogen-bond donors (Lipinski definition) is 1. The monoisotopic (exact) mass is 508 g/mol. The minimum atomic E-state index is -0.466. The van der Waals surface area contributed by atoms with Crippen LogP contribution in [-0.4, -0.2) is 32.6 Å². The summed E-state index contributed by atoms with van der Waals surface area (Å²) in [7, 11) is 3.20. The van der Waals surface area contributed by atoms with Crippen molar-refractivity contribution in [2.24, 2.45) is 5.92 Å². The van der Waals surface area contributed by atoms with Gasteiger partial charge < -0.3 is 19.7 Å². The Hall–Kier alpha value is -3.32. The lowest BCUT2D eigenvalue weighted by Crippen LogP contribution is -2.29. The number of nitrogens with one attached hydrogen (secondary N) is 1.